The lowest BCUT2D eigenvalue weighted by Gasteiger charge is -2.42. The van der Waals surface area contributed by atoms with E-state index >= 15 is 0 Å². The average Bonchev–Trinajstić information content (AvgIpc) is 3.62. The van der Waals surface area contributed by atoms with Gasteiger partial charge in [0.15, 0.2) is 0 Å². The summed E-state index contributed by atoms with van der Waals surface area (Å²) < 4.78 is 38.8. The Morgan fingerprint density at radius 2 is 1.86 bits per heavy atom. The van der Waals surface area contributed by atoms with Gasteiger partial charge in [-0.15, -0.1) is 0 Å². The topological polar surface area (TPSA) is 92.2 Å². The number of halogens is 3. The summed E-state index contributed by atoms with van der Waals surface area (Å²) in [5, 5.41) is 22.0. The molecule has 0 bridgehead atoms. The number of hydrogen-bond donors (Lipinski definition) is 4. The molecule has 2 aliphatic heterocycles. The highest BCUT2D eigenvalue weighted by Gasteiger charge is 2.51. The average molecular weight is 491 g/mol. The molecule has 1 aromatic rings. The van der Waals surface area contributed by atoms with Crippen molar-refractivity contribution in [3.05, 3.63) is 29.8 Å². The first-order chi connectivity index (χ1) is 16.7. The first-order valence-electron chi connectivity index (χ1n) is 12.7. The molecular weight excluding hydrogens is 457 g/mol. The monoisotopic (exact) mass is 490 g/mol. The van der Waals surface area contributed by atoms with Crippen molar-refractivity contribution in [3.63, 3.8) is 0 Å². The summed E-state index contributed by atoms with van der Waals surface area (Å²) in [5.74, 6) is 0.0987. The van der Waals surface area contributed by atoms with E-state index in [1.807, 2.05) is 0 Å². The maximum atomic E-state index is 12.9. The first-order valence-corrected chi connectivity index (χ1v) is 12.7. The van der Waals surface area contributed by atoms with Gasteiger partial charge in [0.25, 0.3) is 0 Å². The van der Waals surface area contributed by atoms with Crippen molar-refractivity contribution in [2.24, 2.45) is 17.8 Å². The van der Waals surface area contributed by atoms with Crippen LogP contribution in [0, 0.1) is 29.1 Å². The van der Waals surface area contributed by atoms with Gasteiger partial charge in [-0.3, -0.25) is 4.79 Å². The summed E-state index contributed by atoms with van der Waals surface area (Å²) in [6, 6.07) is 8.07. The molecule has 35 heavy (non-hydrogen) atoms. The van der Waals surface area contributed by atoms with Crippen LogP contribution in [-0.4, -0.2) is 47.8 Å². The number of rotatable bonds is 6. The van der Waals surface area contributed by atoms with E-state index in [9.17, 15) is 23.2 Å². The molecule has 4 fully saturated rings. The third-order valence-electron chi connectivity index (χ3n) is 8.16. The minimum absolute atomic E-state index is 0.0212. The summed E-state index contributed by atoms with van der Waals surface area (Å²) in [5.41, 5.74) is 3.24. The van der Waals surface area contributed by atoms with E-state index in [2.05, 4.69) is 39.4 Å². The molecule has 4 N–H and O–H groups in total. The normalized spacial score (nSPS) is 34.5. The van der Waals surface area contributed by atoms with E-state index < -0.39 is 23.8 Å². The van der Waals surface area contributed by atoms with E-state index in [0.29, 0.717) is 24.3 Å². The molecule has 190 valence electrons. The molecule has 1 aromatic carbocycles. The summed E-state index contributed by atoms with van der Waals surface area (Å²) in [4.78, 5) is 12.8. The second-order valence-corrected chi connectivity index (χ2v) is 10.5. The van der Waals surface area contributed by atoms with E-state index in [0.717, 1.165) is 43.7 Å². The number of nitrogens with one attached hydrogen (secondary N) is 4. The number of piperidine rings is 1. The zero-order valence-electron chi connectivity index (χ0n) is 19.8. The minimum atomic E-state index is -4.40. The van der Waals surface area contributed by atoms with Crippen LogP contribution in [0.1, 0.15) is 51.0 Å². The number of anilines is 1. The Kier molecular flexibility index (Phi) is 6.68. The Bertz CT molecular complexity index is 959. The molecule has 7 atom stereocenters. The third kappa shape index (κ3) is 5.13. The smallest absolute Gasteiger partial charge is 0.368 e. The summed E-state index contributed by atoms with van der Waals surface area (Å²) >= 11 is 0. The van der Waals surface area contributed by atoms with Crippen molar-refractivity contribution in [2.45, 2.75) is 82.0 Å². The molecule has 5 rings (SSSR count). The quantitative estimate of drug-likeness (QED) is 0.490. The van der Waals surface area contributed by atoms with Gasteiger partial charge in [-0.25, -0.2) is 10.4 Å². The Hall–Kier alpha value is -2.35. The Morgan fingerprint density at radius 3 is 2.51 bits per heavy atom. The number of hydrazine groups is 1. The van der Waals surface area contributed by atoms with Crippen molar-refractivity contribution in [1.82, 2.24) is 21.1 Å². The number of fused-ring (bicyclic) bond motifs is 1. The fourth-order valence-corrected chi connectivity index (χ4v) is 6.12. The zero-order valence-corrected chi connectivity index (χ0v) is 19.8. The molecule has 10 heteroatoms. The Labute approximate surface area is 203 Å². The molecular formula is C25H33F3N6O. The Morgan fingerprint density at radius 1 is 1.11 bits per heavy atom. The molecule has 3 unspecified atom stereocenters. The molecule has 4 aliphatic rings. The number of alkyl halides is 3. The van der Waals surface area contributed by atoms with Crippen molar-refractivity contribution < 1.29 is 18.0 Å². The molecule has 7 nitrogen and oxygen atoms in total. The highest BCUT2D eigenvalue weighted by atomic mass is 19.4. The van der Waals surface area contributed by atoms with Crippen LogP contribution in [0.5, 0.6) is 0 Å². The predicted octanol–water partition coefficient (Wildman–Crippen LogP) is 3.22. The van der Waals surface area contributed by atoms with Gasteiger partial charge >= 0.3 is 6.18 Å². The molecule has 2 saturated heterocycles. The fraction of sp³-hybridized carbons (Fsp3) is 0.680. The fourth-order valence-electron chi connectivity index (χ4n) is 6.12. The summed E-state index contributed by atoms with van der Waals surface area (Å²) in [7, 11) is 0. The standard InChI is InChI=1S/C25H33F3N6O/c1-14(15-2-3-15)31-19-8-9-20(16(12-19)13-29)34-21-10-11-30-24(35)22(21)23(33-34)32-18-6-4-17(5-7-18)25(26,27)28/h4-7,14-16,19-23,31-33H,2-3,8-12H2,1H3,(H,30,35)/t14-,16-,19-,20+,21?,22?,23?/m0/s1. The van der Waals surface area contributed by atoms with Crippen LogP contribution in [0.25, 0.3) is 0 Å². The van der Waals surface area contributed by atoms with Crippen molar-refractivity contribution in [2.75, 3.05) is 11.9 Å². The zero-order chi connectivity index (χ0) is 24.7. The lowest BCUT2D eigenvalue weighted by atomic mass is 9.80. The molecule has 2 heterocycles. The second-order valence-electron chi connectivity index (χ2n) is 10.5. The maximum Gasteiger partial charge on any atom is 0.416 e. The number of benzene rings is 1. The van der Waals surface area contributed by atoms with Crippen LogP contribution in [0.3, 0.4) is 0 Å². The van der Waals surface area contributed by atoms with Crippen LogP contribution in [0.4, 0.5) is 18.9 Å². The van der Waals surface area contributed by atoms with Crippen molar-refractivity contribution in [1.29, 1.82) is 5.26 Å². The molecule has 0 spiro atoms. The van der Waals surface area contributed by atoms with Gasteiger partial charge in [0, 0.05) is 36.4 Å². The van der Waals surface area contributed by atoms with Crippen LogP contribution >= 0.6 is 0 Å². The lowest BCUT2D eigenvalue weighted by Crippen LogP contribution is -2.56. The highest BCUT2D eigenvalue weighted by Crippen LogP contribution is 2.38. The van der Waals surface area contributed by atoms with Crippen molar-refractivity contribution in [3.8, 4) is 6.07 Å². The van der Waals surface area contributed by atoms with E-state index in [1.54, 1.807) is 0 Å². The number of amides is 1. The molecule has 2 aliphatic carbocycles. The lowest BCUT2D eigenvalue weighted by molar-refractivity contribution is -0.137. The largest absolute Gasteiger partial charge is 0.416 e. The number of hydrogen-bond acceptors (Lipinski definition) is 6. The third-order valence-corrected chi connectivity index (χ3v) is 8.16. The van der Waals surface area contributed by atoms with Gasteiger partial charge in [0.05, 0.1) is 23.5 Å². The number of carbonyl (C=O) groups is 1. The number of carbonyl (C=O) groups excluding carboxylic acids is 1. The predicted molar refractivity (Wildman–Crippen MR) is 125 cm³/mol. The highest BCUT2D eigenvalue weighted by molar-refractivity contribution is 5.82. The SMILES string of the molecule is C[C@H](N[C@H]1CC[C@@H](N2NC(Nc3ccc(C(F)(F)F)cc3)C3C(=O)NCCC32)[C@H](C#N)C1)C1CC1. The number of nitriles is 1. The summed E-state index contributed by atoms with van der Waals surface area (Å²) in [6.45, 7) is 2.80. The van der Waals surface area contributed by atoms with Crippen LogP contribution in [-0.2, 0) is 11.0 Å². The van der Waals surface area contributed by atoms with Gasteiger partial charge < -0.3 is 16.0 Å². The van der Waals surface area contributed by atoms with Crippen LogP contribution in [0.2, 0.25) is 0 Å². The molecule has 0 aromatic heterocycles. The first kappa shape index (κ1) is 24.3. The Balaban J connectivity index is 1.29. The van der Waals surface area contributed by atoms with E-state index in [4.69, 9.17) is 0 Å². The molecule has 0 radical (unpaired) electrons. The van der Waals surface area contributed by atoms with Crippen LogP contribution in [0.15, 0.2) is 24.3 Å². The van der Waals surface area contributed by atoms with E-state index in [1.165, 1.54) is 25.0 Å². The molecule has 1 amide bonds. The van der Waals surface area contributed by atoms with Gasteiger partial charge in [-0.1, -0.05) is 0 Å². The van der Waals surface area contributed by atoms with Gasteiger partial charge in [0.2, 0.25) is 5.91 Å². The minimum Gasteiger partial charge on any atom is -0.368 e. The molecule has 2 saturated carbocycles. The van der Waals surface area contributed by atoms with Crippen molar-refractivity contribution >= 4 is 11.6 Å². The maximum absolute atomic E-state index is 12.9. The summed E-state index contributed by atoms with van der Waals surface area (Å²) in [6.07, 6.45) is 1.04. The second kappa shape index (κ2) is 9.60. The van der Waals surface area contributed by atoms with Gasteiger partial charge in [-0.05, 0) is 75.6 Å². The number of nitrogens with zero attached hydrogens (tertiary/aromatic N) is 2. The van der Waals surface area contributed by atoms with Gasteiger partial charge in [0.1, 0.15) is 6.17 Å². The van der Waals surface area contributed by atoms with E-state index in [-0.39, 0.29) is 23.9 Å². The van der Waals surface area contributed by atoms with Gasteiger partial charge in [-0.2, -0.15) is 18.4 Å². The van der Waals surface area contributed by atoms with Crippen LogP contribution < -0.4 is 21.4 Å².